The minimum atomic E-state index is -4.77. The van der Waals surface area contributed by atoms with E-state index in [0.717, 1.165) is 5.56 Å². The molecular formula is C25H30F3N5O3. The number of hydrogen-bond acceptors (Lipinski definition) is 7. The molecule has 1 aromatic carbocycles. The van der Waals surface area contributed by atoms with Gasteiger partial charge in [0.2, 0.25) is 5.95 Å². The van der Waals surface area contributed by atoms with Gasteiger partial charge in [-0.2, -0.15) is 4.98 Å². The van der Waals surface area contributed by atoms with Gasteiger partial charge in [-0.15, -0.1) is 13.2 Å². The van der Waals surface area contributed by atoms with E-state index >= 15 is 0 Å². The van der Waals surface area contributed by atoms with E-state index in [9.17, 15) is 18.0 Å². The zero-order valence-corrected chi connectivity index (χ0v) is 21.2. The summed E-state index contributed by atoms with van der Waals surface area (Å²) in [6, 6.07) is 8.50. The van der Waals surface area contributed by atoms with Crippen molar-refractivity contribution in [3.8, 4) is 29.0 Å². The first-order chi connectivity index (χ1) is 16.8. The standard InChI is InChI=1S/C25H30F3N5O3/c1-7-12-31(6)21-17(2)20(18-8-10-19(11-9-18)35-25(26,27)28)29-22(30-21)32-13-15-33(16-14-32)23(34)36-24(3,4)5/h8-11H,13-16H2,1-6H3. The lowest BCUT2D eigenvalue weighted by molar-refractivity contribution is -0.274. The molecule has 0 bridgehead atoms. The Bertz CT molecular complexity index is 1140. The fourth-order valence-corrected chi connectivity index (χ4v) is 3.69. The molecule has 0 saturated carbocycles. The summed E-state index contributed by atoms with van der Waals surface area (Å²) >= 11 is 0. The molecule has 0 atom stereocenters. The van der Waals surface area contributed by atoms with Crippen molar-refractivity contribution in [1.82, 2.24) is 14.9 Å². The van der Waals surface area contributed by atoms with Gasteiger partial charge in [0.05, 0.1) is 5.69 Å². The number of ether oxygens (including phenoxy) is 2. The van der Waals surface area contributed by atoms with Crippen molar-refractivity contribution >= 4 is 17.9 Å². The number of nitrogens with zero attached hydrogens (tertiary/aromatic N) is 5. The maximum Gasteiger partial charge on any atom is 0.573 e. The number of aromatic nitrogens is 2. The SMILES string of the molecule is CC#CN(C)c1nc(N2CCN(C(=O)OC(C)(C)C)CC2)nc(-c2ccc(OC(F)(F)F)cc2)c1C. The fourth-order valence-electron chi connectivity index (χ4n) is 3.69. The molecule has 0 spiro atoms. The van der Waals surface area contributed by atoms with Crippen LogP contribution in [0.3, 0.4) is 0 Å². The van der Waals surface area contributed by atoms with Crippen molar-refractivity contribution in [1.29, 1.82) is 0 Å². The third-order valence-corrected chi connectivity index (χ3v) is 5.28. The zero-order valence-electron chi connectivity index (χ0n) is 21.2. The van der Waals surface area contributed by atoms with Gasteiger partial charge in [-0.25, -0.2) is 9.78 Å². The second-order valence-electron chi connectivity index (χ2n) is 9.27. The van der Waals surface area contributed by atoms with Gasteiger partial charge in [0.15, 0.2) is 0 Å². The first-order valence-corrected chi connectivity index (χ1v) is 11.4. The highest BCUT2D eigenvalue weighted by Crippen LogP contribution is 2.32. The summed E-state index contributed by atoms with van der Waals surface area (Å²) in [5.74, 6) is 3.54. The molecule has 0 unspecified atom stereocenters. The number of benzene rings is 1. The Hall–Kier alpha value is -3.68. The van der Waals surface area contributed by atoms with Crippen molar-refractivity contribution in [3.63, 3.8) is 0 Å². The van der Waals surface area contributed by atoms with E-state index in [1.807, 2.05) is 32.6 Å². The lowest BCUT2D eigenvalue weighted by Crippen LogP contribution is -2.50. The number of amides is 1. The van der Waals surface area contributed by atoms with Crippen LogP contribution in [0.2, 0.25) is 0 Å². The van der Waals surface area contributed by atoms with Gasteiger partial charge in [-0.05, 0) is 58.9 Å². The van der Waals surface area contributed by atoms with Crippen molar-refractivity contribution in [3.05, 3.63) is 29.8 Å². The molecule has 1 aliphatic rings. The third-order valence-electron chi connectivity index (χ3n) is 5.28. The second-order valence-corrected chi connectivity index (χ2v) is 9.27. The summed E-state index contributed by atoms with van der Waals surface area (Å²) in [7, 11) is 1.78. The molecular weight excluding hydrogens is 475 g/mol. The van der Waals surface area contributed by atoms with Crippen LogP contribution in [-0.2, 0) is 4.74 Å². The molecule has 0 radical (unpaired) electrons. The highest BCUT2D eigenvalue weighted by atomic mass is 19.4. The predicted octanol–water partition coefficient (Wildman–Crippen LogP) is 4.82. The first-order valence-electron chi connectivity index (χ1n) is 11.4. The van der Waals surface area contributed by atoms with E-state index < -0.39 is 12.0 Å². The highest BCUT2D eigenvalue weighted by Gasteiger charge is 2.31. The van der Waals surface area contributed by atoms with Crippen LogP contribution in [-0.4, -0.2) is 66.2 Å². The molecule has 2 heterocycles. The largest absolute Gasteiger partial charge is 0.573 e. The minimum Gasteiger partial charge on any atom is -0.444 e. The fraction of sp³-hybridized carbons (Fsp3) is 0.480. The maximum atomic E-state index is 12.6. The first kappa shape index (κ1) is 26.9. The summed E-state index contributed by atoms with van der Waals surface area (Å²) in [5.41, 5.74) is 1.31. The summed E-state index contributed by atoms with van der Waals surface area (Å²) in [6.45, 7) is 10.9. The molecule has 2 aromatic rings. The van der Waals surface area contributed by atoms with Gasteiger partial charge in [0, 0.05) is 50.4 Å². The lowest BCUT2D eigenvalue weighted by Gasteiger charge is -2.36. The van der Waals surface area contributed by atoms with E-state index in [1.54, 1.807) is 23.8 Å². The number of carbonyl (C=O) groups is 1. The monoisotopic (exact) mass is 505 g/mol. The van der Waals surface area contributed by atoms with Crippen molar-refractivity contribution in [2.24, 2.45) is 0 Å². The second kappa shape index (κ2) is 10.5. The number of anilines is 2. The topological polar surface area (TPSA) is 71.0 Å². The molecule has 1 aliphatic heterocycles. The quantitative estimate of drug-likeness (QED) is 0.436. The highest BCUT2D eigenvalue weighted by molar-refractivity contribution is 5.72. The molecule has 11 heteroatoms. The average Bonchev–Trinajstić information content (AvgIpc) is 2.78. The minimum absolute atomic E-state index is 0.314. The molecule has 194 valence electrons. The number of rotatable bonds is 4. The molecule has 36 heavy (non-hydrogen) atoms. The summed E-state index contributed by atoms with van der Waals surface area (Å²) < 4.78 is 47.1. The Morgan fingerprint density at radius 3 is 2.19 bits per heavy atom. The molecule has 8 nitrogen and oxygen atoms in total. The number of alkyl halides is 3. The van der Waals surface area contributed by atoms with Crippen LogP contribution < -0.4 is 14.5 Å². The molecule has 0 aliphatic carbocycles. The predicted molar refractivity (Wildman–Crippen MR) is 131 cm³/mol. The van der Waals surface area contributed by atoms with E-state index in [0.29, 0.717) is 49.2 Å². The Morgan fingerprint density at radius 2 is 1.67 bits per heavy atom. The van der Waals surface area contributed by atoms with Crippen molar-refractivity contribution in [2.45, 2.75) is 46.6 Å². The Kier molecular flexibility index (Phi) is 7.86. The van der Waals surface area contributed by atoms with Gasteiger partial charge in [-0.3, -0.25) is 4.90 Å². The number of halogens is 3. The smallest absolute Gasteiger partial charge is 0.444 e. The molecule has 1 amide bonds. The average molecular weight is 506 g/mol. The molecule has 1 aromatic heterocycles. The molecule has 1 saturated heterocycles. The van der Waals surface area contributed by atoms with Crippen LogP contribution in [0.5, 0.6) is 5.75 Å². The molecule has 0 N–H and O–H groups in total. The number of piperazine rings is 1. The Morgan fingerprint density at radius 1 is 1.06 bits per heavy atom. The van der Waals surface area contributed by atoms with Gasteiger partial charge in [0.1, 0.15) is 17.2 Å². The van der Waals surface area contributed by atoms with Crippen LogP contribution >= 0.6 is 0 Å². The number of carbonyl (C=O) groups excluding carboxylic acids is 1. The zero-order chi connectivity index (χ0) is 26.7. The van der Waals surface area contributed by atoms with Crippen LogP contribution in [0, 0.1) is 18.9 Å². The van der Waals surface area contributed by atoms with E-state index in [2.05, 4.69) is 16.7 Å². The van der Waals surface area contributed by atoms with Crippen molar-refractivity contribution in [2.75, 3.05) is 43.0 Å². The summed E-state index contributed by atoms with van der Waals surface area (Å²) in [4.78, 5) is 27.2. The van der Waals surface area contributed by atoms with Gasteiger partial charge in [0.25, 0.3) is 0 Å². The number of hydrogen-bond donors (Lipinski definition) is 0. The molecule has 3 rings (SSSR count). The summed E-state index contributed by atoms with van der Waals surface area (Å²) in [6.07, 6.45) is -5.14. The van der Waals surface area contributed by atoms with E-state index in [1.165, 1.54) is 24.3 Å². The van der Waals surface area contributed by atoms with Gasteiger partial charge >= 0.3 is 12.5 Å². The van der Waals surface area contributed by atoms with Crippen LogP contribution in [0.15, 0.2) is 24.3 Å². The normalized spacial score (nSPS) is 14.1. The Labute approximate surface area is 209 Å². The van der Waals surface area contributed by atoms with Gasteiger partial charge in [-0.1, -0.05) is 5.92 Å². The van der Waals surface area contributed by atoms with Crippen LogP contribution in [0.1, 0.15) is 33.3 Å². The maximum absolute atomic E-state index is 12.6. The third kappa shape index (κ3) is 6.93. The lowest BCUT2D eigenvalue weighted by atomic mass is 10.1. The van der Waals surface area contributed by atoms with Crippen LogP contribution in [0.25, 0.3) is 11.3 Å². The van der Waals surface area contributed by atoms with Crippen LogP contribution in [0.4, 0.5) is 29.7 Å². The van der Waals surface area contributed by atoms with Gasteiger partial charge < -0.3 is 19.3 Å². The summed E-state index contributed by atoms with van der Waals surface area (Å²) in [5, 5.41) is 0. The van der Waals surface area contributed by atoms with E-state index in [-0.39, 0.29) is 11.8 Å². The molecule has 1 fully saturated rings. The van der Waals surface area contributed by atoms with E-state index in [4.69, 9.17) is 14.7 Å². The Balaban J connectivity index is 1.90. The van der Waals surface area contributed by atoms with Crippen molar-refractivity contribution < 1.29 is 27.4 Å².